The van der Waals surface area contributed by atoms with Gasteiger partial charge in [-0.3, -0.25) is 0 Å². The average molecular weight is 223 g/mol. The third-order valence-corrected chi connectivity index (χ3v) is 3.59. The average Bonchev–Trinajstić information content (AvgIpc) is 2.66. The van der Waals surface area contributed by atoms with Crippen molar-refractivity contribution in [3.63, 3.8) is 0 Å². The van der Waals surface area contributed by atoms with Gasteiger partial charge in [0.2, 0.25) is 0 Å². The maximum Gasteiger partial charge on any atom is 0.137 e. The van der Waals surface area contributed by atoms with E-state index in [2.05, 4.69) is 4.90 Å². The number of likely N-dealkylation sites (tertiary alicyclic amines) is 1. The molecule has 16 heavy (non-hydrogen) atoms. The minimum absolute atomic E-state index is 0.0436. The zero-order chi connectivity index (χ0) is 11.8. The Morgan fingerprint density at radius 3 is 2.50 bits per heavy atom. The second-order valence-electron chi connectivity index (χ2n) is 4.87. The molecular weight excluding hydrogens is 205 g/mol. The summed E-state index contributed by atoms with van der Waals surface area (Å²) in [6.45, 7) is 3.40. The van der Waals surface area contributed by atoms with Gasteiger partial charge in [0.15, 0.2) is 0 Å². The highest BCUT2D eigenvalue weighted by Crippen LogP contribution is 2.39. The molecule has 2 rings (SSSR count). The molecule has 0 aromatic heterocycles. The van der Waals surface area contributed by atoms with Crippen molar-refractivity contribution in [1.29, 1.82) is 0 Å². The first-order valence-electron chi connectivity index (χ1n) is 5.67. The number of hydrogen-bond acceptors (Lipinski definition) is 2. The first-order chi connectivity index (χ1) is 7.50. The predicted octanol–water partition coefficient (Wildman–Crippen LogP) is 2.53. The van der Waals surface area contributed by atoms with Crippen LogP contribution in [0.25, 0.3) is 0 Å². The number of rotatable bonds is 2. The van der Waals surface area contributed by atoms with Crippen LogP contribution < -0.4 is 0 Å². The number of benzene rings is 1. The van der Waals surface area contributed by atoms with Crippen LogP contribution in [0.4, 0.5) is 4.39 Å². The van der Waals surface area contributed by atoms with Crippen LogP contribution in [0.15, 0.2) is 24.3 Å². The van der Waals surface area contributed by atoms with E-state index >= 15 is 0 Å². The van der Waals surface area contributed by atoms with E-state index in [9.17, 15) is 9.50 Å². The number of phenolic OH excluding ortho intramolecular Hbond substituents is 1. The zero-order valence-electron chi connectivity index (χ0n) is 9.78. The van der Waals surface area contributed by atoms with E-state index < -0.39 is 5.67 Å². The molecule has 1 fully saturated rings. The number of phenols is 1. The van der Waals surface area contributed by atoms with Crippen molar-refractivity contribution in [2.45, 2.75) is 19.0 Å². The number of nitrogens with zero attached hydrogens (tertiary/aromatic N) is 1. The monoisotopic (exact) mass is 223 g/mol. The minimum atomic E-state index is -1.31. The van der Waals surface area contributed by atoms with Gasteiger partial charge >= 0.3 is 0 Å². The van der Waals surface area contributed by atoms with E-state index in [1.165, 1.54) is 0 Å². The van der Waals surface area contributed by atoms with Crippen LogP contribution in [0.5, 0.6) is 5.75 Å². The second kappa shape index (κ2) is 4.06. The molecule has 3 heteroatoms. The molecule has 1 saturated heterocycles. The SMILES string of the molecule is CN1CCC(C(C)(F)c2ccc(O)cc2)C1. The molecule has 2 atom stereocenters. The molecule has 2 nitrogen and oxygen atoms in total. The summed E-state index contributed by atoms with van der Waals surface area (Å²) >= 11 is 0. The number of alkyl halides is 1. The molecule has 0 radical (unpaired) electrons. The van der Waals surface area contributed by atoms with Gasteiger partial charge in [0, 0.05) is 12.5 Å². The van der Waals surface area contributed by atoms with Crippen molar-refractivity contribution in [3.05, 3.63) is 29.8 Å². The highest BCUT2D eigenvalue weighted by Gasteiger charge is 2.39. The van der Waals surface area contributed by atoms with E-state index in [-0.39, 0.29) is 11.7 Å². The van der Waals surface area contributed by atoms with Crippen molar-refractivity contribution >= 4 is 0 Å². The summed E-state index contributed by atoms with van der Waals surface area (Å²) in [4.78, 5) is 2.16. The lowest BCUT2D eigenvalue weighted by Crippen LogP contribution is -2.29. The predicted molar refractivity (Wildman–Crippen MR) is 62.2 cm³/mol. The molecule has 88 valence electrons. The summed E-state index contributed by atoms with van der Waals surface area (Å²) in [7, 11) is 2.02. The van der Waals surface area contributed by atoms with Gasteiger partial charge in [-0.15, -0.1) is 0 Å². The van der Waals surface area contributed by atoms with Gasteiger partial charge in [-0.1, -0.05) is 12.1 Å². The van der Waals surface area contributed by atoms with Crippen LogP contribution in [0.3, 0.4) is 0 Å². The fourth-order valence-corrected chi connectivity index (χ4v) is 2.40. The third kappa shape index (κ3) is 2.05. The maximum atomic E-state index is 14.7. The third-order valence-electron chi connectivity index (χ3n) is 3.59. The molecular formula is C13H18FNO. The topological polar surface area (TPSA) is 23.5 Å². The van der Waals surface area contributed by atoms with Gasteiger partial charge in [0.05, 0.1) is 0 Å². The summed E-state index contributed by atoms with van der Waals surface area (Å²) in [5, 5.41) is 9.20. The fourth-order valence-electron chi connectivity index (χ4n) is 2.40. The smallest absolute Gasteiger partial charge is 0.137 e. The van der Waals surface area contributed by atoms with Crippen LogP contribution in [-0.4, -0.2) is 30.1 Å². The first-order valence-corrected chi connectivity index (χ1v) is 5.67. The summed E-state index contributed by atoms with van der Waals surface area (Å²) < 4.78 is 14.7. The molecule has 0 bridgehead atoms. The summed E-state index contributed by atoms with van der Waals surface area (Å²) in [6, 6.07) is 6.44. The second-order valence-corrected chi connectivity index (χ2v) is 4.87. The molecule has 0 spiro atoms. The Kier molecular flexibility index (Phi) is 2.89. The van der Waals surface area contributed by atoms with E-state index in [0.717, 1.165) is 19.5 Å². The molecule has 1 N–H and O–H groups in total. The van der Waals surface area contributed by atoms with Gasteiger partial charge in [0.25, 0.3) is 0 Å². The van der Waals surface area contributed by atoms with Crippen LogP contribution >= 0.6 is 0 Å². The Balaban J connectivity index is 2.21. The van der Waals surface area contributed by atoms with E-state index in [1.54, 1.807) is 31.2 Å². The van der Waals surface area contributed by atoms with Gasteiger partial charge in [-0.2, -0.15) is 0 Å². The molecule has 1 aromatic rings. The quantitative estimate of drug-likeness (QED) is 0.832. The van der Waals surface area contributed by atoms with Crippen LogP contribution in [0.2, 0.25) is 0 Å². The normalized spacial score (nSPS) is 25.6. The molecule has 2 unspecified atom stereocenters. The van der Waals surface area contributed by atoms with E-state index in [0.29, 0.717) is 5.56 Å². The highest BCUT2D eigenvalue weighted by molar-refractivity contribution is 5.30. The zero-order valence-corrected chi connectivity index (χ0v) is 9.78. The molecule has 1 aliphatic rings. The van der Waals surface area contributed by atoms with Gasteiger partial charge in [-0.05, 0) is 44.6 Å². The lowest BCUT2D eigenvalue weighted by Gasteiger charge is -2.27. The lowest BCUT2D eigenvalue weighted by molar-refractivity contribution is 0.106. The Hall–Kier alpha value is -1.09. The summed E-state index contributed by atoms with van der Waals surface area (Å²) in [6.07, 6.45) is 0.893. The summed E-state index contributed by atoms with van der Waals surface area (Å²) in [5.41, 5.74) is -0.649. The standard InChI is InChI=1S/C13H18FNO/c1-13(14,11-7-8-15(2)9-11)10-3-5-12(16)6-4-10/h3-6,11,16H,7-9H2,1-2H3. The molecule has 1 aromatic carbocycles. The molecule has 1 aliphatic heterocycles. The Labute approximate surface area is 95.7 Å². The molecule has 0 saturated carbocycles. The van der Waals surface area contributed by atoms with Crippen molar-refractivity contribution in [2.75, 3.05) is 20.1 Å². The van der Waals surface area contributed by atoms with Gasteiger partial charge < -0.3 is 10.0 Å². The maximum absolute atomic E-state index is 14.7. The van der Waals surface area contributed by atoms with E-state index in [4.69, 9.17) is 0 Å². The Morgan fingerprint density at radius 2 is 2.00 bits per heavy atom. The number of halogens is 1. The molecule has 1 heterocycles. The van der Waals surface area contributed by atoms with Crippen LogP contribution in [0.1, 0.15) is 18.9 Å². The number of aromatic hydroxyl groups is 1. The van der Waals surface area contributed by atoms with Gasteiger partial charge in [-0.25, -0.2) is 4.39 Å². The van der Waals surface area contributed by atoms with Crippen LogP contribution in [-0.2, 0) is 5.67 Å². The Morgan fingerprint density at radius 1 is 1.38 bits per heavy atom. The first kappa shape index (κ1) is 11.4. The number of hydrogen-bond donors (Lipinski definition) is 1. The molecule has 0 aliphatic carbocycles. The highest BCUT2D eigenvalue weighted by atomic mass is 19.1. The van der Waals surface area contributed by atoms with Crippen molar-refractivity contribution in [1.82, 2.24) is 4.90 Å². The summed E-state index contributed by atoms with van der Waals surface area (Å²) in [5.74, 6) is 0.227. The Bertz CT molecular complexity index is 361. The van der Waals surface area contributed by atoms with Crippen molar-refractivity contribution < 1.29 is 9.50 Å². The largest absolute Gasteiger partial charge is 0.508 e. The van der Waals surface area contributed by atoms with Gasteiger partial charge in [0.1, 0.15) is 11.4 Å². The minimum Gasteiger partial charge on any atom is -0.508 e. The lowest BCUT2D eigenvalue weighted by atomic mass is 9.84. The molecule has 0 amide bonds. The van der Waals surface area contributed by atoms with Crippen molar-refractivity contribution in [3.8, 4) is 5.75 Å². The van der Waals surface area contributed by atoms with Crippen molar-refractivity contribution in [2.24, 2.45) is 5.92 Å². The van der Waals surface area contributed by atoms with Crippen LogP contribution in [0, 0.1) is 5.92 Å². The fraction of sp³-hybridized carbons (Fsp3) is 0.538. The van der Waals surface area contributed by atoms with E-state index in [1.807, 2.05) is 7.05 Å².